The standard InChI is InChI=1S/C12H14BrNO3/c1-6-2-8(13)4-9(11(6)15)10-3-7(5-14-10)12(16)17/h2,4,7,10,14-15H,3,5H2,1H3,(H,16,17). The molecule has 1 aliphatic heterocycles. The number of hydrogen-bond acceptors (Lipinski definition) is 3. The molecule has 1 aromatic carbocycles. The predicted octanol–water partition coefficient (Wildman–Crippen LogP) is 2.20. The Labute approximate surface area is 108 Å². The second-order valence-corrected chi connectivity index (χ2v) is 5.31. The minimum absolute atomic E-state index is 0.0905. The van der Waals surface area contributed by atoms with Gasteiger partial charge in [-0.2, -0.15) is 0 Å². The van der Waals surface area contributed by atoms with Crippen LogP contribution in [0.15, 0.2) is 16.6 Å². The molecular weight excluding hydrogens is 286 g/mol. The van der Waals surface area contributed by atoms with Crippen LogP contribution in [0.5, 0.6) is 5.75 Å². The van der Waals surface area contributed by atoms with Crippen LogP contribution in [0.2, 0.25) is 0 Å². The number of aliphatic carboxylic acids is 1. The first-order valence-electron chi connectivity index (χ1n) is 5.44. The molecule has 0 radical (unpaired) electrons. The molecule has 1 aromatic rings. The van der Waals surface area contributed by atoms with E-state index in [-0.39, 0.29) is 17.7 Å². The number of carboxylic acid groups (broad SMARTS) is 1. The largest absolute Gasteiger partial charge is 0.507 e. The first kappa shape index (κ1) is 12.4. The molecule has 1 fully saturated rings. The van der Waals surface area contributed by atoms with E-state index >= 15 is 0 Å². The number of aryl methyl sites for hydroxylation is 1. The average Bonchev–Trinajstić information content (AvgIpc) is 2.72. The highest BCUT2D eigenvalue weighted by Gasteiger charge is 2.31. The lowest BCUT2D eigenvalue weighted by Gasteiger charge is -2.14. The van der Waals surface area contributed by atoms with Gasteiger partial charge in [-0.1, -0.05) is 15.9 Å². The summed E-state index contributed by atoms with van der Waals surface area (Å²) < 4.78 is 0.892. The third-order valence-electron chi connectivity index (χ3n) is 3.15. The molecule has 0 aliphatic carbocycles. The summed E-state index contributed by atoms with van der Waals surface area (Å²) in [7, 11) is 0. The molecule has 4 nitrogen and oxygen atoms in total. The van der Waals surface area contributed by atoms with Crippen molar-refractivity contribution in [3.05, 3.63) is 27.7 Å². The van der Waals surface area contributed by atoms with E-state index < -0.39 is 5.97 Å². The molecule has 1 aliphatic rings. The van der Waals surface area contributed by atoms with Gasteiger partial charge in [-0.25, -0.2) is 0 Å². The Morgan fingerprint density at radius 1 is 1.53 bits per heavy atom. The van der Waals surface area contributed by atoms with Crippen molar-refractivity contribution in [2.45, 2.75) is 19.4 Å². The van der Waals surface area contributed by atoms with Crippen molar-refractivity contribution in [1.82, 2.24) is 5.32 Å². The van der Waals surface area contributed by atoms with Gasteiger partial charge in [0.2, 0.25) is 0 Å². The molecule has 3 N–H and O–H groups in total. The number of carboxylic acids is 1. The molecule has 1 saturated heterocycles. The number of hydrogen-bond donors (Lipinski definition) is 3. The highest BCUT2D eigenvalue weighted by Crippen LogP contribution is 2.36. The lowest BCUT2D eigenvalue weighted by atomic mass is 9.98. The van der Waals surface area contributed by atoms with Gasteiger partial charge in [-0.15, -0.1) is 0 Å². The van der Waals surface area contributed by atoms with Crippen LogP contribution < -0.4 is 5.32 Å². The van der Waals surface area contributed by atoms with Gasteiger partial charge in [0.1, 0.15) is 5.75 Å². The number of benzene rings is 1. The summed E-state index contributed by atoms with van der Waals surface area (Å²) in [6, 6.07) is 3.58. The molecule has 0 aromatic heterocycles. The zero-order chi connectivity index (χ0) is 12.6. The molecule has 2 rings (SSSR count). The second kappa shape index (κ2) is 4.66. The van der Waals surface area contributed by atoms with Gasteiger partial charge in [-0.3, -0.25) is 4.79 Å². The Balaban J connectivity index is 2.27. The molecule has 5 heteroatoms. The zero-order valence-electron chi connectivity index (χ0n) is 9.40. The van der Waals surface area contributed by atoms with Crippen LogP contribution in [0.1, 0.15) is 23.6 Å². The SMILES string of the molecule is Cc1cc(Br)cc(C2CC(C(=O)O)CN2)c1O. The Morgan fingerprint density at radius 2 is 2.24 bits per heavy atom. The number of phenols is 1. The van der Waals surface area contributed by atoms with Gasteiger partial charge < -0.3 is 15.5 Å². The van der Waals surface area contributed by atoms with Crippen molar-refractivity contribution in [2.24, 2.45) is 5.92 Å². The smallest absolute Gasteiger partial charge is 0.307 e. The van der Waals surface area contributed by atoms with Gasteiger partial charge in [0, 0.05) is 22.6 Å². The number of phenolic OH excluding ortho intramolecular Hbond substituents is 1. The molecule has 2 atom stereocenters. The van der Waals surface area contributed by atoms with E-state index in [1.165, 1.54) is 0 Å². The maximum absolute atomic E-state index is 10.9. The molecule has 0 bridgehead atoms. The fraction of sp³-hybridized carbons (Fsp3) is 0.417. The minimum Gasteiger partial charge on any atom is -0.507 e. The van der Waals surface area contributed by atoms with Crippen LogP contribution >= 0.6 is 15.9 Å². The van der Waals surface area contributed by atoms with Gasteiger partial charge in [0.25, 0.3) is 0 Å². The van der Waals surface area contributed by atoms with Crippen LogP contribution in [0, 0.1) is 12.8 Å². The fourth-order valence-corrected chi connectivity index (χ4v) is 2.78. The van der Waals surface area contributed by atoms with Gasteiger partial charge in [0.15, 0.2) is 0 Å². The molecule has 0 spiro atoms. The third-order valence-corrected chi connectivity index (χ3v) is 3.61. The van der Waals surface area contributed by atoms with Gasteiger partial charge in [-0.05, 0) is 31.0 Å². The number of nitrogens with one attached hydrogen (secondary N) is 1. The van der Waals surface area contributed by atoms with Crippen molar-refractivity contribution >= 4 is 21.9 Å². The van der Waals surface area contributed by atoms with Crippen molar-refractivity contribution in [3.8, 4) is 5.75 Å². The highest BCUT2D eigenvalue weighted by atomic mass is 79.9. The first-order chi connectivity index (χ1) is 7.99. The fourth-order valence-electron chi connectivity index (χ4n) is 2.19. The van der Waals surface area contributed by atoms with Gasteiger partial charge in [0.05, 0.1) is 5.92 Å². The van der Waals surface area contributed by atoms with Crippen molar-refractivity contribution in [3.63, 3.8) is 0 Å². The van der Waals surface area contributed by atoms with E-state index in [9.17, 15) is 9.90 Å². The summed E-state index contributed by atoms with van der Waals surface area (Å²) in [5.74, 6) is -0.915. The van der Waals surface area contributed by atoms with E-state index in [0.717, 1.165) is 15.6 Å². The lowest BCUT2D eigenvalue weighted by Crippen LogP contribution is -2.17. The molecule has 2 unspecified atom stereocenters. The molecule has 92 valence electrons. The Morgan fingerprint density at radius 3 is 2.82 bits per heavy atom. The minimum atomic E-state index is -0.786. The van der Waals surface area contributed by atoms with Crippen LogP contribution in [-0.4, -0.2) is 22.7 Å². The van der Waals surface area contributed by atoms with Crippen molar-refractivity contribution < 1.29 is 15.0 Å². The summed E-state index contributed by atoms with van der Waals surface area (Å²) in [5, 5.41) is 22.1. The summed E-state index contributed by atoms with van der Waals surface area (Å²) in [6.45, 7) is 2.28. The first-order valence-corrected chi connectivity index (χ1v) is 6.23. The van der Waals surface area contributed by atoms with Crippen LogP contribution in [0.25, 0.3) is 0 Å². The quantitative estimate of drug-likeness (QED) is 0.783. The van der Waals surface area contributed by atoms with E-state index in [0.29, 0.717) is 13.0 Å². The molecule has 0 amide bonds. The van der Waals surface area contributed by atoms with Crippen molar-refractivity contribution in [1.29, 1.82) is 0 Å². The normalized spacial score (nSPS) is 23.9. The molecule has 1 heterocycles. The maximum Gasteiger partial charge on any atom is 0.307 e. The highest BCUT2D eigenvalue weighted by molar-refractivity contribution is 9.10. The molecule has 17 heavy (non-hydrogen) atoms. The van der Waals surface area contributed by atoms with E-state index in [2.05, 4.69) is 21.2 Å². The Hall–Kier alpha value is -1.07. The second-order valence-electron chi connectivity index (χ2n) is 4.39. The Bertz CT molecular complexity index is 461. The number of carbonyl (C=O) groups is 1. The summed E-state index contributed by atoms with van der Waals surface area (Å²) in [4.78, 5) is 10.9. The third kappa shape index (κ3) is 2.45. The summed E-state index contributed by atoms with van der Waals surface area (Å²) in [6.07, 6.45) is 0.513. The van der Waals surface area contributed by atoms with E-state index in [1.54, 1.807) is 0 Å². The van der Waals surface area contributed by atoms with Crippen LogP contribution in [-0.2, 0) is 4.79 Å². The van der Waals surface area contributed by atoms with Crippen molar-refractivity contribution in [2.75, 3.05) is 6.54 Å². The van der Waals surface area contributed by atoms with Crippen LogP contribution in [0.3, 0.4) is 0 Å². The maximum atomic E-state index is 10.9. The summed E-state index contributed by atoms with van der Waals surface area (Å²) >= 11 is 3.38. The average molecular weight is 300 g/mol. The number of rotatable bonds is 2. The number of halogens is 1. The summed E-state index contributed by atoms with van der Waals surface area (Å²) in [5.41, 5.74) is 1.55. The monoisotopic (exact) mass is 299 g/mol. The van der Waals surface area contributed by atoms with E-state index in [4.69, 9.17) is 5.11 Å². The van der Waals surface area contributed by atoms with Crippen LogP contribution in [0.4, 0.5) is 0 Å². The molecular formula is C12H14BrNO3. The predicted molar refractivity (Wildman–Crippen MR) is 67.0 cm³/mol. The zero-order valence-corrected chi connectivity index (χ0v) is 11.0. The van der Waals surface area contributed by atoms with Gasteiger partial charge >= 0.3 is 5.97 Å². The lowest BCUT2D eigenvalue weighted by molar-refractivity contribution is -0.141. The van der Waals surface area contributed by atoms with E-state index in [1.807, 2.05) is 19.1 Å². The molecule has 0 saturated carbocycles. The number of aromatic hydroxyl groups is 1. The topological polar surface area (TPSA) is 69.6 Å². The Kier molecular flexibility index (Phi) is 3.40.